The topological polar surface area (TPSA) is 255 Å². The molecule has 0 saturated carbocycles. The molecule has 0 heterocycles. The quantitative estimate of drug-likeness (QED) is 0.135. The number of carbonyl (C=O) groups is 5. The minimum absolute atomic E-state index is 0. The van der Waals surface area contributed by atoms with Gasteiger partial charge in [-0.25, -0.2) is 9.59 Å². The van der Waals surface area contributed by atoms with Gasteiger partial charge in [0.15, 0.2) is 0 Å². The van der Waals surface area contributed by atoms with E-state index in [-0.39, 0.29) is 17.2 Å². The van der Waals surface area contributed by atoms with Crippen molar-refractivity contribution in [3.8, 4) is 23.0 Å². The summed E-state index contributed by atoms with van der Waals surface area (Å²) in [5.41, 5.74) is 0. The predicted octanol–water partition coefficient (Wildman–Crippen LogP) is 6.92. The standard InChI is InChI=1S/4C11H8O3.CH2O3/c2*12-11(13)14-10-7-3-5-8-4-1-2-6-9(8)10;2*12-11(13)14-10-6-5-8-3-1-2-4-9(8)7-10;2-1(3)4/h4*1-7H,(H,12,13);(H2,2,3,4). The van der Waals surface area contributed by atoms with Gasteiger partial charge in [0.05, 0.1) is 11.5 Å². The molecule has 0 atom stereocenters. The molecular weight excluding hydrogens is 780 g/mol. The van der Waals surface area contributed by atoms with Crippen molar-refractivity contribution in [2.75, 3.05) is 0 Å². The highest BCUT2D eigenvalue weighted by Crippen LogP contribution is 2.26. The zero-order valence-corrected chi connectivity index (χ0v) is 30.9. The number of rotatable bonds is 4. The lowest BCUT2D eigenvalue weighted by Gasteiger charge is -2.08. The van der Waals surface area contributed by atoms with Crippen LogP contribution < -0.4 is 39.4 Å². The molecular formula is C45H34O15. The Morgan fingerprint density at radius 1 is 0.367 bits per heavy atom. The van der Waals surface area contributed by atoms with Gasteiger partial charge in [-0.3, -0.25) is 0 Å². The molecule has 0 amide bonds. The van der Waals surface area contributed by atoms with Gasteiger partial charge < -0.3 is 64.0 Å². The second-order valence-corrected chi connectivity index (χ2v) is 11.7. The van der Waals surface area contributed by atoms with Crippen LogP contribution in [0.4, 0.5) is 24.0 Å². The first-order chi connectivity index (χ1) is 28.8. The molecule has 0 aromatic heterocycles. The Morgan fingerprint density at radius 3 is 1.00 bits per heavy atom. The molecule has 15 nitrogen and oxygen atoms in total. The lowest BCUT2D eigenvalue weighted by Crippen LogP contribution is -2.37. The SMILES string of the molecule is O=C(O)Oc1cccc2ccccc12.O=C(O)Oc1cccc2ccccc12.O=C([O-])Oc1ccc2ccccc2c1.O=C([O-])Oc1ccc2ccccc2c1.O=C([O-])[O-].[H+].[H+].[H+].[H+]. The van der Waals surface area contributed by atoms with Crippen LogP contribution >= 0.6 is 0 Å². The number of benzene rings is 8. The number of ether oxygens (including phenoxy) is 4. The van der Waals surface area contributed by atoms with Crippen LogP contribution in [0.3, 0.4) is 0 Å². The van der Waals surface area contributed by atoms with Gasteiger partial charge in [-0.15, -0.1) is 0 Å². The van der Waals surface area contributed by atoms with E-state index in [4.69, 9.17) is 25.2 Å². The van der Waals surface area contributed by atoms with Gasteiger partial charge in [0.2, 0.25) is 0 Å². The second-order valence-electron chi connectivity index (χ2n) is 11.7. The van der Waals surface area contributed by atoms with E-state index < -0.39 is 30.8 Å². The Morgan fingerprint density at radius 2 is 0.667 bits per heavy atom. The highest BCUT2D eigenvalue weighted by molar-refractivity contribution is 5.90. The first-order valence-electron chi connectivity index (χ1n) is 17.2. The fourth-order valence-electron chi connectivity index (χ4n) is 5.41. The van der Waals surface area contributed by atoms with Crippen molar-refractivity contribution in [1.82, 2.24) is 0 Å². The molecule has 0 radical (unpaired) electrons. The molecule has 8 aromatic carbocycles. The lowest BCUT2D eigenvalue weighted by atomic mass is 10.1. The molecule has 60 heavy (non-hydrogen) atoms. The maximum atomic E-state index is 10.4. The maximum Gasteiger partial charge on any atom is 1.00 e. The molecule has 0 unspecified atom stereocenters. The van der Waals surface area contributed by atoms with Crippen LogP contribution in [0.1, 0.15) is 5.71 Å². The molecule has 8 rings (SSSR count). The molecule has 0 aliphatic carbocycles. The number of carbonyl (C=O) groups excluding carboxylic acids is 3. The summed E-state index contributed by atoms with van der Waals surface area (Å²) in [5.74, 6) is 1.30. The van der Waals surface area contributed by atoms with Crippen LogP contribution in [-0.2, 0) is 0 Å². The van der Waals surface area contributed by atoms with E-state index in [1.807, 2.05) is 109 Å². The molecule has 8 aromatic rings. The molecule has 0 aliphatic rings. The van der Waals surface area contributed by atoms with E-state index in [2.05, 4.69) is 18.9 Å². The third kappa shape index (κ3) is 14.3. The van der Waals surface area contributed by atoms with E-state index in [0.29, 0.717) is 11.5 Å². The van der Waals surface area contributed by atoms with Gasteiger partial charge in [-0.05, 0) is 74.9 Å². The van der Waals surface area contributed by atoms with Crippen molar-refractivity contribution in [2.45, 2.75) is 0 Å². The Hall–Kier alpha value is -8.85. The summed E-state index contributed by atoms with van der Waals surface area (Å²) in [6.07, 6.45) is -8.00. The van der Waals surface area contributed by atoms with E-state index in [0.717, 1.165) is 43.1 Å². The fourth-order valence-corrected chi connectivity index (χ4v) is 5.41. The van der Waals surface area contributed by atoms with Gasteiger partial charge >= 0.3 is 18.0 Å². The van der Waals surface area contributed by atoms with Crippen molar-refractivity contribution < 1.29 is 79.3 Å². The predicted molar refractivity (Wildman–Crippen MR) is 215 cm³/mol. The van der Waals surface area contributed by atoms with Crippen molar-refractivity contribution in [3.05, 3.63) is 170 Å². The number of hydrogen-bond donors (Lipinski definition) is 2. The van der Waals surface area contributed by atoms with Crippen molar-refractivity contribution >= 4 is 73.9 Å². The maximum absolute atomic E-state index is 10.4. The largest absolute Gasteiger partial charge is 1.00 e. The average molecular weight is 815 g/mol. The van der Waals surface area contributed by atoms with E-state index >= 15 is 0 Å². The zero-order chi connectivity index (χ0) is 43.4. The normalized spacial score (nSPS) is 9.73. The van der Waals surface area contributed by atoms with Crippen LogP contribution in [0.2, 0.25) is 0 Å². The molecule has 15 heteroatoms. The van der Waals surface area contributed by atoms with Gasteiger partial charge in [-0.1, -0.05) is 133 Å². The van der Waals surface area contributed by atoms with Gasteiger partial charge in [0.1, 0.15) is 11.5 Å². The van der Waals surface area contributed by atoms with Crippen molar-refractivity contribution in [2.24, 2.45) is 0 Å². The smallest absolute Gasteiger partial charge is 0.652 e. The molecule has 0 saturated heterocycles. The monoisotopic (exact) mass is 814 g/mol. The number of fused-ring (bicyclic) bond motifs is 4. The molecule has 0 fully saturated rings. The van der Waals surface area contributed by atoms with E-state index in [1.54, 1.807) is 60.7 Å². The molecule has 0 spiro atoms. The summed E-state index contributed by atoms with van der Waals surface area (Å²) in [6, 6.07) is 50.9. The van der Waals surface area contributed by atoms with Crippen LogP contribution in [0.5, 0.6) is 23.0 Å². The van der Waals surface area contributed by atoms with Crippen LogP contribution in [0.15, 0.2) is 170 Å². The zero-order valence-electron chi connectivity index (χ0n) is 34.9. The summed E-state index contributed by atoms with van der Waals surface area (Å²) in [5, 5.41) is 61.5. The van der Waals surface area contributed by atoms with Crippen molar-refractivity contribution in [3.63, 3.8) is 0 Å². The summed E-state index contributed by atoms with van der Waals surface area (Å²) in [7, 11) is 0. The fraction of sp³-hybridized carbons (Fsp3) is 0. The van der Waals surface area contributed by atoms with Gasteiger partial charge in [0.25, 0.3) is 12.3 Å². The Bertz CT molecular complexity index is 2560. The number of carboxylic acid groups (broad SMARTS) is 6. The average Bonchev–Trinajstić information content (AvgIpc) is 3.21. The second kappa shape index (κ2) is 22.0. The minimum Gasteiger partial charge on any atom is -0.652 e. The highest BCUT2D eigenvalue weighted by atomic mass is 16.7. The van der Waals surface area contributed by atoms with Gasteiger partial charge in [0, 0.05) is 10.8 Å². The third-order valence-corrected chi connectivity index (χ3v) is 7.74. The molecule has 2 N–H and O–H groups in total. The minimum atomic E-state index is -2.33. The summed E-state index contributed by atoms with van der Waals surface area (Å²) in [4.78, 5) is 49.5. The molecule has 0 bridgehead atoms. The first kappa shape index (κ1) is 43.9. The van der Waals surface area contributed by atoms with E-state index in [1.165, 1.54) is 0 Å². The summed E-state index contributed by atoms with van der Waals surface area (Å²) in [6.45, 7) is 0. The summed E-state index contributed by atoms with van der Waals surface area (Å²) >= 11 is 0. The highest BCUT2D eigenvalue weighted by Gasteiger charge is 2.06. The number of hydrogen-bond acceptors (Lipinski definition) is 13. The Balaban J connectivity index is 0.000000787. The van der Waals surface area contributed by atoms with Crippen LogP contribution in [0.25, 0.3) is 43.1 Å². The first-order valence-corrected chi connectivity index (χ1v) is 17.2. The van der Waals surface area contributed by atoms with Crippen molar-refractivity contribution in [1.29, 1.82) is 0 Å². The molecule has 0 aliphatic heterocycles. The van der Waals surface area contributed by atoms with Gasteiger partial charge in [-0.2, -0.15) is 0 Å². The Kier molecular flexibility index (Phi) is 16.1. The molecule has 304 valence electrons. The van der Waals surface area contributed by atoms with Crippen LogP contribution in [-0.4, -0.2) is 41.0 Å². The summed E-state index contributed by atoms with van der Waals surface area (Å²) < 4.78 is 18.1. The lowest BCUT2D eigenvalue weighted by molar-refractivity contribution is -0.415. The Labute approximate surface area is 345 Å². The third-order valence-electron chi connectivity index (χ3n) is 7.74. The van der Waals surface area contributed by atoms with Crippen LogP contribution in [0, 0.1) is 0 Å². The van der Waals surface area contributed by atoms with E-state index in [9.17, 15) is 29.4 Å².